The minimum atomic E-state index is -0.773. The Balaban J connectivity index is 2.25. The number of hydrogen-bond donors (Lipinski definition) is 2. The first-order chi connectivity index (χ1) is 8.55. The van der Waals surface area contributed by atoms with Crippen LogP contribution in [0.3, 0.4) is 0 Å². The minimum absolute atomic E-state index is 0.277. The number of aliphatic hydroxyl groups is 1. The lowest BCUT2D eigenvalue weighted by molar-refractivity contribution is -0.0157. The highest BCUT2D eigenvalue weighted by Gasteiger charge is 2.34. The topological polar surface area (TPSA) is 41.5 Å². The Morgan fingerprint density at radius 3 is 2.78 bits per heavy atom. The first kappa shape index (κ1) is 13.4. The second kappa shape index (κ2) is 5.29. The number of benzene rings is 1. The van der Waals surface area contributed by atoms with Crippen molar-refractivity contribution in [2.45, 2.75) is 32.3 Å². The number of methoxy groups -OCH3 is 1. The highest BCUT2D eigenvalue weighted by atomic mass is 16.5. The van der Waals surface area contributed by atoms with E-state index >= 15 is 0 Å². The SMILES string of the molecule is COc1ccc(C(C)(O)C2CCCNC2)cc1C. The molecule has 0 saturated carbocycles. The fourth-order valence-electron chi connectivity index (χ4n) is 2.76. The molecule has 1 saturated heterocycles. The molecule has 1 aliphatic heterocycles. The second-order valence-electron chi connectivity index (χ2n) is 5.38. The fourth-order valence-corrected chi connectivity index (χ4v) is 2.76. The highest BCUT2D eigenvalue weighted by Crippen LogP contribution is 2.35. The summed E-state index contributed by atoms with van der Waals surface area (Å²) in [5.74, 6) is 1.15. The molecule has 0 aliphatic carbocycles. The smallest absolute Gasteiger partial charge is 0.121 e. The summed E-state index contributed by atoms with van der Waals surface area (Å²) < 4.78 is 5.26. The Labute approximate surface area is 109 Å². The third kappa shape index (κ3) is 2.52. The average molecular weight is 249 g/mol. The van der Waals surface area contributed by atoms with Gasteiger partial charge in [0.2, 0.25) is 0 Å². The summed E-state index contributed by atoms with van der Waals surface area (Å²) >= 11 is 0. The van der Waals surface area contributed by atoms with Crippen molar-refractivity contribution in [2.75, 3.05) is 20.2 Å². The summed E-state index contributed by atoms with van der Waals surface area (Å²) in [7, 11) is 1.67. The van der Waals surface area contributed by atoms with Crippen molar-refractivity contribution >= 4 is 0 Å². The molecule has 100 valence electrons. The van der Waals surface area contributed by atoms with Crippen molar-refractivity contribution < 1.29 is 9.84 Å². The number of nitrogens with one attached hydrogen (secondary N) is 1. The summed E-state index contributed by atoms with van der Waals surface area (Å²) in [5, 5.41) is 14.2. The number of hydrogen-bond acceptors (Lipinski definition) is 3. The molecule has 2 N–H and O–H groups in total. The molecule has 3 nitrogen and oxygen atoms in total. The van der Waals surface area contributed by atoms with Crippen LogP contribution in [0.1, 0.15) is 30.9 Å². The van der Waals surface area contributed by atoms with Gasteiger partial charge in [-0.25, -0.2) is 0 Å². The van der Waals surface area contributed by atoms with Gasteiger partial charge in [-0.2, -0.15) is 0 Å². The summed E-state index contributed by atoms with van der Waals surface area (Å²) in [4.78, 5) is 0. The standard InChI is InChI=1S/C15H23NO2/c1-11-9-12(6-7-14(11)18-3)15(2,17)13-5-4-8-16-10-13/h6-7,9,13,16-17H,4-5,8,10H2,1-3H3. The molecular weight excluding hydrogens is 226 g/mol. The lowest BCUT2D eigenvalue weighted by Crippen LogP contribution is -2.42. The Kier molecular flexibility index (Phi) is 3.93. The molecular formula is C15H23NO2. The largest absolute Gasteiger partial charge is 0.496 e. The van der Waals surface area contributed by atoms with Crippen LogP contribution in [0.4, 0.5) is 0 Å². The molecule has 1 fully saturated rings. The molecule has 1 heterocycles. The predicted octanol–water partition coefficient (Wildman–Crippen LogP) is 2.21. The van der Waals surface area contributed by atoms with Crippen LogP contribution in [-0.4, -0.2) is 25.3 Å². The number of ether oxygens (including phenoxy) is 1. The van der Waals surface area contributed by atoms with E-state index in [1.165, 1.54) is 0 Å². The molecule has 2 rings (SSSR count). The van der Waals surface area contributed by atoms with Gasteiger partial charge in [0.1, 0.15) is 5.75 Å². The molecule has 0 amide bonds. The molecule has 2 atom stereocenters. The molecule has 18 heavy (non-hydrogen) atoms. The number of aryl methyl sites for hydroxylation is 1. The lowest BCUT2D eigenvalue weighted by atomic mass is 9.78. The summed E-state index contributed by atoms with van der Waals surface area (Å²) in [6.07, 6.45) is 2.21. The van der Waals surface area contributed by atoms with Gasteiger partial charge in [-0.15, -0.1) is 0 Å². The zero-order valence-electron chi connectivity index (χ0n) is 11.5. The Hall–Kier alpha value is -1.06. The molecule has 2 unspecified atom stereocenters. The van der Waals surface area contributed by atoms with Gasteiger partial charge >= 0.3 is 0 Å². The van der Waals surface area contributed by atoms with Crippen molar-refractivity contribution in [3.8, 4) is 5.75 Å². The monoisotopic (exact) mass is 249 g/mol. The third-order valence-electron chi connectivity index (χ3n) is 4.07. The van der Waals surface area contributed by atoms with Crippen LogP contribution < -0.4 is 10.1 Å². The first-order valence-corrected chi connectivity index (χ1v) is 6.64. The second-order valence-corrected chi connectivity index (χ2v) is 5.38. The van der Waals surface area contributed by atoms with E-state index in [0.29, 0.717) is 0 Å². The van der Waals surface area contributed by atoms with Gasteiger partial charge in [0.15, 0.2) is 0 Å². The molecule has 0 aromatic heterocycles. The van der Waals surface area contributed by atoms with Crippen LogP contribution in [0.25, 0.3) is 0 Å². The van der Waals surface area contributed by atoms with Crippen LogP contribution in [0.5, 0.6) is 5.75 Å². The Morgan fingerprint density at radius 1 is 1.44 bits per heavy atom. The van der Waals surface area contributed by atoms with Gasteiger partial charge in [0.05, 0.1) is 12.7 Å². The van der Waals surface area contributed by atoms with E-state index in [0.717, 1.165) is 42.8 Å². The molecule has 1 aliphatic rings. The van der Waals surface area contributed by atoms with E-state index < -0.39 is 5.60 Å². The van der Waals surface area contributed by atoms with Crippen molar-refractivity contribution in [1.29, 1.82) is 0 Å². The zero-order valence-corrected chi connectivity index (χ0v) is 11.5. The van der Waals surface area contributed by atoms with E-state index in [2.05, 4.69) is 5.32 Å². The van der Waals surface area contributed by atoms with Crippen molar-refractivity contribution in [2.24, 2.45) is 5.92 Å². The van der Waals surface area contributed by atoms with Crippen LogP contribution in [-0.2, 0) is 5.60 Å². The van der Waals surface area contributed by atoms with E-state index in [4.69, 9.17) is 4.74 Å². The Bertz CT molecular complexity index is 409. The average Bonchev–Trinajstić information content (AvgIpc) is 2.39. The van der Waals surface area contributed by atoms with Crippen molar-refractivity contribution in [3.63, 3.8) is 0 Å². The summed E-state index contributed by atoms with van der Waals surface area (Å²) in [6, 6.07) is 5.95. The predicted molar refractivity (Wildman–Crippen MR) is 72.9 cm³/mol. The van der Waals surface area contributed by atoms with Gasteiger partial charge in [-0.3, -0.25) is 0 Å². The van der Waals surface area contributed by atoms with Crippen LogP contribution in [0.15, 0.2) is 18.2 Å². The summed E-state index contributed by atoms with van der Waals surface area (Å²) in [5.41, 5.74) is 1.28. The van der Waals surface area contributed by atoms with Gasteiger partial charge in [-0.1, -0.05) is 6.07 Å². The van der Waals surface area contributed by atoms with Gasteiger partial charge in [0, 0.05) is 12.5 Å². The molecule has 1 aromatic carbocycles. The first-order valence-electron chi connectivity index (χ1n) is 6.64. The quantitative estimate of drug-likeness (QED) is 0.863. The maximum absolute atomic E-state index is 10.8. The lowest BCUT2D eigenvalue weighted by Gasteiger charge is -2.36. The van der Waals surface area contributed by atoms with Gasteiger partial charge in [-0.05, 0) is 56.5 Å². The van der Waals surface area contributed by atoms with Crippen molar-refractivity contribution in [3.05, 3.63) is 29.3 Å². The highest BCUT2D eigenvalue weighted by molar-refractivity contribution is 5.38. The molecule has 3 heteroatoms. The van der Waals surface area contributed by atoms with Gasteiger partial charge < -0.3 is 15.2 Å². The van der Waals surface area contributed by atoms with Crippen LogP contribution >= 0.6 is 0 Å². The van der Waals surface area contributed by atoms with E-state index in [1.807, 2.05) is 32.0 Å². The maximum atomic E-state index is 10.8. The van der Waals surface area contributed by atoms with Crippen LogP contribution in [0, 0.1) is 12.8 Å². The number of piperidine rings is 1. The zero-order chi connectivity index (χ0) is 13.2. The molecule has 0 bridgehead atoms. The Morgan fingerprint density at radius 2 is 2.22 bits per heavy atom. The third-order valence-corrected chi connectivity index (χ3v) is 4.07. The van der Waals surface area contributed by atoms with Crippen LogP contribution in [0.2, 0.25) is 0 Å². The van der Waals surface area contributed by atoms with Gasteiger partial charge in [0.25, 0.3) is 0 Å². The molecule has 0 radical (unpaired) electrons. The van der Waals surface area contributed by atoms with E-state index in [-0.39, 0.29) is 5.92 Å². The minimum Gasteiger partial charge on any atom is -0.496 e. The van der Waals surface area contributed by atoms with Crippen molar-refractivity contribution in [1.82, 2.24) is 5.32 Å². The van der Waals surface area contributed by atoms with E-state index in [9.17, 15) is 5.11 Å². The maximum Gasteiger partial charge on any atom is 0.121 e. The summed E-state index contributed by atoms with van der Waals surface area (Å²) in [6.45, 7) is 5.88. The molecule has 0 spiro atoms. The normalized spacial score (nSPS) is 23.4. The molecule has 1 aromatic rings. The van der Waals surface area contributed by atoms with E-state index in [1.54, 1.807) is 7.11 Å². The number of rotatable bonds is 3. The fraction of sp³-hybridized carbons (Fsp3) is 0.600.